The highest BCUT2D eigenvalue weighted by molar-refractivity contribution is 8.00. The van der Waals surface area contributed by atoms with Crippen molar-refractivity contribution in [3.63, 3.8) is 0 Å². The molecular weight excluding hydrogens is 418 g/mol. The highest BCUT2D eigenvalue weighted by Gasteiger charge is 2.18. The average molecular weight is 440 g/mol. The van der Waals surface area contributed by atoms with Gasteiger partial charge in [-0.3, -0.25) is 9.59 Å². The van der Waals surface area contributed by atoms with E-state index in [4.69, 9.17) is 11.2 Å². The largest absolute Gasteiger partial charge is 0.496 e. The summed E-state index contributed by atoms with van der Waals surface area (Å²) in [5.41, 5.74) is 2.60. The molecule has 0 fully saturated rings. The maximum atomic E-state index is 12.4. The number of thiazole rings is 1. The van der Waals surface area contributed by atoms with Crippen LogP contribution in [-0.2, 0) is 15.3 Å². The summed E-state index contributed by atoms with van der Waals surface area (Å²) in [4.78, 5) is 28.4. The first-order valence-corrected chi connectivity index (χ1v) is 11.0. The van der Waals surface area contributed by atoms with Crippen molar-refractivity contribution in [2.45, 2.75) is 29.5 Å². The summed E-state index contributed by atoms with van der Waals surface area (Å²) < 4.78 is 7.29. The number of fused-ring (bicyclic) bond motifs is 1. The summed E-state index contributed by atoms with van der Waals surface area (Å²) >= 11 is 3.20. The number of amides is 2. The number of anilines is 1. The minimum absolute atomic E-state index is 0.123. The summed E-state index contributed by atoms with van der Waals surface area (Å²) in [7, 11) is 1.66. The number of aromatic nitrogens is 1. The Hall–Kier alpha value is -3.02. The van der Waals surface area contributed by atoms with Crippen LogP contribution >= 0.6 is 23.1 Å². The molecule has 0 saturated heterocycles. The van der Waals surface area contributed by atoms with E-state index in [9.17, 15) is 9.59 Å². The minimum atomic E-state index is -0.767. The van der Waals surface area contributed by atoms with Gasteiger partial charge >= 0.3 is 0 Å². The Morgan fingerprint density at radius 1 is 1.30 bits per heavy atom. The molecule has 0 aliphatic carbocycles. The van der Waals surface area contributed by atoms with Gasteiger partial charge in [0.1, 0.15) is 11.8 Å². The van der Waals surface area contributed by atoms with Gasteiger partial charge in [-0.15, -0.1) is 23.7 Å². The molecule has 8 heteroatoms. The summed E-state index contributed by atoms with van der Waals surface area (Å²) in [5, 5.41) is 5.38. The third kappa shape index (κ3) is 5.53. The first-order chi connectivity index (χ1) is 14.5. The molecule has 1 heterocycles. The minimum Gasteiger partial charge on any atom is -0.496 e. The fraction of sp³-hybridized carbons (Fsp3) is 0.227. The molecule has 3 aromatic rings. The SMILES string of the molecule is C#CCC(NC(C)=O)C(=O)Nc1ccc2nc(SCc3ccccc3OC)sc2c1. The third-order valence-electron chi connectivity index (χ3n) is 4.20. The summed E-state index contributed by atoms with van der Waals surface area (Å²) in [5.74, 6) is 3.36. The molecule has 0 aliphatic heterocycles. The number of benzene rings is 2. The zero-order valence-corrected chi connectivity index (χ0v) is 18.2. The number of nitrogens with one attached hydrogen (secondary N) is 2. The molecule has 0 saturated carbocycles. The van der Waals surface area contributed by atoms with E-state index >= 15 is 0 Å². The number of carbonyl (C=O) groups is 2. The van der Waals surface area contributed by atoms with Gasteiger partial charge < -0.3 is 15.4 Å². The molecular formula is C22H21N3O3S2. The molecule has 2 aromatic carbocycles. The first-order valence-electron chi connectivity index (χ1n) is 9.17. The molecule has 30 heavy (non-hydrogen) atoms. The quantitative estimate of drug-likeness (QED) is 0.409. The lowest BCUT2D eigenvalue weighted by Gasteiger charge is -2.15. The lowest BCUT2D eigenvalue weighted by atomic mass is 10.2. The van der Waals surface area contributed by atoms with Crippen molar-refractivity contribution in [1.82, 2.24) is 10.3 Å². The second kappa shape index (κ2) is 10.1. The number of hydrogen-bond acceptors (Lipinski definition) is 6. The molecule has 1 aromatic heterocycles. The Bertz CT molecular complexity index is 1100. The van der Waals surface area contributed by atoms with Crippen LogP contribution < -0.4 is 15.4 Å². The molecule has 0 aliphatic rings. The number of hydrogen-bond donors (Lipinski definition) is 2. The van der Waals surface area contributed by atoms with E-state index in [-0.39, 0.29) is 18.2 Å². The van der Waals surface area contributed by atoms with E-state index in [1.165, 1.54) is 6.92 Å². The monoisotopic (exact) mass is 439 g/mol. The van der Waals surface area contributed by atoms with Crippen LogP contribution in [0.25, 0.3) is 10.2 Å². The van der Waals surface area contributed by atoms with Crippen molar-refractivity contribution < 1.29 is 14.3 Å². The van der Waals surface area contributed by atoms with Gasteiger partial charge in [0.2, 0.25) is 11.8 Å². The molecule has 0 spiro atoms. The standard InChI is InChI=1S/C22H21N3O3S2/c1-4-7-18(23-14(2)26)21(27)24-16-10-11-17-20(12-16)30-22(25-17)29-13-15-8-5-6-9-19(15)28-3/h1,5-6,8-12,18H,7,13H2,2-3H3,(H,23,26)(H,24,27). The van der Waals surface area contributed by atoms with E-state index in [0.29, 0.717) is 5.69 Å². The van der Waals surface area contributed by atoms with Crippen molar-refractivity contribution in [3.8, 4) is 18.1 Å². The van der Waals surface area contributed by atoms with Gasteiger partial charge in [0, 0.05) is 30.3 Å². The fourth-order valence-electron chi connectivity index (χ4n) is 2.81. The number of carbonyl (C=O) groups excluding carboxylic acids is 2. The Morgan fingerprint density at radius 2 is 2.10 bits per heavy atom. The maximum Gasteiger partial charge on any atom is 0.247 e. The lowest BCUT2D eigenvalue weighted by molar-refractivity contribution is -0.125. The summed E-state index contributed by atoms with van der Waals surface area (Å²) in [6.45, 7) is 1.35. The lowest BCUT2D eigenvalue weighted by Crippen LogP contribution is -2.42. The van der Waals surface area contributed by atoms with Crippen LogP contribution in [0.4, 0.5) is 5.69 Å². The Morgan fingerprint density at radius 3 is 2.83 bits per heavy atom. The zero-order chi connectivity index (χ0) is 21.5. The normalized spacial score (nSPS) is 11.5. The average Bonchev–Trinajstić information content (AvgIpc) is 3.14. The van der Waals surface area contributed by atoms with E-state index in [1.807, 2.05) is 36.4 Å². The molecule has 0 radical (unpaired) electrons. The zero-order valence-electron chi connectivity index (χ0n) is 16.6. The molecule has 6 nitrogen and oxygen atoms in total. The molecule has 154 valence electrons. The van der Waals surface area contributed by atoms with Crippen LogP contribution in [0.2, 0.25) is 0 Å². The summed E-state index contributed by atoms with van der Waals surface area (Å²) in [6, 6.07) is 12.7. The highest BCUT2D eigenvalue weighted by atomic mass is 32.2. The smallest absolute Gasteiger partial charge is 0.247 e. The van der Waals surface area contributed by atoms with Crippen LogP contribution in [0.3, 0.4) is 0 Å². The van der Waals surface area contributed by atoms with E-state index in [2.05, 4.69) is 21.5 Å². The number of terminal acetylenes is 1. The fourth-order valence-corrected chi connectivity index (χ4v) is 4.90. The molecule has 1 atom stereocenters. The molecule has 1 unspecified atom stereocenters. The number of para-hydroxylation sites is 1. The topological polar surface area (TPSA) is 80.3 Å². The Labute approximate surface area is 183 Å². The first kappa shape index (κ1) is 21.7. The van der Waals surface area contributed by atoms with E-state index in [0.717, 1.165) is 31.6 Å². The second-order valence-electron chi connectivity index (χ2n) is 6.41. The van der Waals surface area contributed by atoms with Gasteiger partial charge in [0.05, 0.1) is 17.3 Å². The predicted octanol–water partition coefficient (Wildman–Crippen LogP) is 4.06. The summed E-state index contributed by atoms with van der Waals surface area (Å²) in [6.07, 6.45) is 5.43. The van der Waals surface area contributed by atoms with Crippen LogP contribution in [0.5, 0.6) is 5.75 Å². The number of thioether (sulfide) groups is 1. The van der Waals surface area contributed by atoms with Gasteiger partial charge in [0.25, 0.3) is 0 Å². The van der Waals surface area contributed by atoms with Gasteiger partial charge in [-0.1, -0.05) is 30.0 Å². The molecule has 0 bridgehead atoms. The van der Waals surface area contributed by atoms with Gasteiger partial charge in [-0.2, -0.15) is 0 Å². The molecule has 2 amide bonds. The number of rotatable bonds is 8. The van der Waals surface area contributed by atoms with Crippen molar-refractivity contribution in [2.24, 2.45) is 0 Å². The Kier molecular flexibility index (Phi) is 7.33. The second-order valence-corrected chi connectivity index (χ2v) is 8.67. The third-order valence-corrected chi connectivity index (χ3v) is 6.41. The van der Waals surface area contributed by atoms with Crippen LogP contribution in [0, 0.1) is 12.3 Å². The predicted molar refractivity (Wildman–Crippen MR) is 122 cm³/mol. The van der Waals surface area contributed by atoms with Crippen molar-refractivity contribution in [2.75, 3.05) is 12.4 Å². The van der Waals surface area contributed by atoms with E-state index in [1.54, 1.807) is 36.3 Å². The van der Waals surface area contributed by atoms with Crippen molar-refractivity contribution in [1.29, 1.82) is 0 Å². The van der Waals surface area contributed by atoms with Crippen LogP contribution in [0.1, 0.15) is 18.9 Å². The number of nitrogens with zero attached hydrogens (tertiary/aromatic N) is 1. The van der Waals surface area contributed by atoms with Gasteiger partial charge in [-0.25, -0.2) is 4.98 Å². The highest BCUT2D eigenvalue weighted by Crippen LogP contribution is 2.34. The van der Waals surface area contributed by atoms with Crippen molar-refractivity contribution in [3.05, 3.63) is 48.0 Å². The van der Waals surface area contributed by atoms with E-state index < -0.39 is 6.04 Å². The van der Waals surface area contributed by atoms with Gasteiger partial charge in [0.15, 0.2) is 4.34 Å². The Balaban J connectivity index is 1.70. The van der Waals surface area contributed by atoms with Crippen LogP contribution in [0.15, 0.2) is 46.8 Å². The molecule has 2 N–H and O–H groups in total. The maximum absolute atomic E-state index is 12.4. The van der Waals surface area contributed by atoms with Crippen molar-refractivity contribution >= 4 is 50.8 Å². The molecule has 3 rings (SSSR count). The van der Waals surface area contributed by atoms with Gasteiger partial charge in [-0.05, 0) is 24.3 Å². The number of methoxy groups -OCH3 is 1. The van der Waals surface area contributed by atoms with Crippen LogP contribution in [-0.4, -0.2) is 29.9 Å². The number of ether oxygens (including phenoxy) is 1.